The van der Waals surface area contributed by atoms with Gasteiger partial charge in [-0.25, -0.2) is 4.85 Å². The van der Waals surface area contributed by atoms with Gasteiger partial charge < -0.3 is 9.13 Å². The molecule has 0 aliphatic carbocycles. The minimum atomic E-state index is -0.0573. The van der Waals surface area contributed by atoms with E-state index in [1.165, 1.54) is 11.1 Å². The van der Waals surface area contributed by atoms with Crippen molar-refractivity contribution in [1.82, 2.24) is 9.13 Å². The van der Waals surface area contributed by atoms with Crippen LogP contribution in [0.4, 0.5) is 5.69 Å². The lowest BCUT2D eigenvalue weighted by Gasteiger charge is -2.19. The molecule has 0 saturated heterocycles. The Labute approximate surface area is 337 Å². The van der Waals surface area contributed by atoms with E-state index in [4.69, 9.17) is 6.57 Å². The first kappa shape index (κ1) is 34.8. The third kappa shape index (κ3) is 5.66. The van der Waals surface area contributed by atoms with Crippen LogP contribution in [0.3, 0.4) is 0 Å². The zero-order valence-electron chi connectivity index (χ0n) is 32.5. The van der Waals surface area contributed by atoms with Gasteiger partial charge in [0.05, 0.1) is 46.0 Å². The van der Waals surface area contributed by atoms with Crippen LogP contribution in [0.2, 0.25) is 0 Å². The number of fused-ring (bicyclic) bond motifs is 6. The Morgan fingerprint density at radius 2 is 0.983 bits per heavy atom. The molecule has 274 valence electrons. The summed E-state index contributed by atoms with van der Waals surface area (Å²) < 4.78 is 4.44. The van der Waals surface area contributed by atoms with Gasteiger partial charge in [0.1, 0.15) is 0 Å². The Hall–Kier alpha value is -7.66. The summed E-state index contributed by atoms with van der Waals surface area (Å²) in [6.45, 7) is 15.2. The molecule has 0 radical (unpaired) electrons. The van der Waals surface area contributed by atoms with Gasteiger partial charge in [-0.05, 0) is 111 Å². The number of benzene rings is 8. The van der Waals surface area contributed by atoms with E-state index >= 15 is 0 Å². The molecule has 2 aromatic heterocycles. The quantitative estimate of drug-likeness (QED) is 0.162. The highest BCUT2D eigenvalue weighted by atomic mass is 15.0. The second-order valence-corrected chi connectivity index (χ2v) is 16.0. The Balaban J connectivity index is 1.19. The summed E-state index contributed by atoms with van der Waals surface area (Å²) in [4.78, 5) is 4.13. The molecular formula is C54H38N4. The number of nitriles is 1. The highest BCUT2D eigenvalue weighted by molar-refractivity contribution is 6.13. The van der Waals surface area contributed by atoms with Crippen molar-refractivity contribution in [2.75, 3.05) is 0 Å². The van der Waals surface area contributed by atoms with Crippen molar-refractivity contribution in [2.24, 2.45) is 0 Å². The SMILES string of the molecule is [C-]#[N+]c1cc(-c2ccc3c4cc(-c5ccccc5)ccc4n(-c4ccccc4)c3c2)cc(C#N)c1-n1c2ccc(-c3ccccc3)cc2c2cc(C(C)(C)C)ccc21. The molecule has 0 bridgehead atoms. The topological polar surface area (TPSA) is 38.0 Å². The summed E-state index contributed by atoms with van der Waals surface area (Å²) in [6, 6.07) is 64.1. The molecule has 0 spiro atoms. The van der Waals surface area contributed by atoms with Crippen LogP contribution in [0.1, 0.15) is 31.9 Å². The van der Waals surface area contributed by atoms with Crippen molar-refractivity contribution < 1.29 is 0 Å². The first-order valence-electron chi connectivity index (χ1n) is 19.6. The molecule has 0 atom stereocenters. The molecule has 0 aliphatic heterocycles. The highest BCUT2D eigenvalue weighted by Gasteiger charge is 2.23. The smallest absolute Gasteiger partial charge is 0.212 e. The maximum Gasteiger partial charge on any atom is 0.212 e. The average Bonchev–Trinajstić information content (AvgIpc) is 3.77. The first-order valence-corrected chi connectivity index (χ1v) is 19.6. The number of hydrogen-bond donors (Lipinski definition) is 0. The molecule has 8 aromatic carbocycles. The van der Waals surface area contributed by atoms with Crippen LogP contribution in [0.5, 0.6) is 0 Å². The number of aromatic nitrogens is 2. The molecule has 0 saturated carbocycles. The van der Waals surface area contributed by atoms with Crippen molar-refractivity contribution in [3.8, 4) is 50.8 Å². The molecule has 0 fully saturated rings. The van der Waals surface area contributed by atoms with E-state index in [2.05, 4.69) is 186 Å². The summed E-state index contributed by atoms with van der Waals surface area (Å²) in [6.07, 6.45) is 0. The Kier molecular flexibility index (Phi) is 8.11. The van der Waals surface area contributed by atoms with Crippen molar-refractivity contribution in [3.63, 3.8) is 0 Å². The zero-order valence-corrected chi connectivity index (χ0v) is 32.5. The van der Waals surface area contributed by atoms with E-state index in [0.29, 0.717) is 16.9 Å². The van der Waals surface area contributed by atoms with Gasteiger partial charge in [0.25, 0.3) is 0 Å². The van der Waals surface area contributed by atoms with Gasteiger partial charge in [0.2, 0.25) is 5.69 Å². The summed E-state index contributed by atoms with van der Waals surface area (Å²) in [5.74, 6) is 0. The standard InChI is InChI=1S/C54H38N4/c1-54(2,3)42-23-27-51-47(33-42)46-30-38(36-16-10-6-11-17-36)22-26-50(46)58(51)53-41(34-55)28-40(31-48(53)56-4)39-20-24-44-45-29-37(35-14-8-5-9-15-35)21-25-49(45)57(52(44)32-39)43-18-12-7-13-19-43/h5-33H,1-3H3. The molecule has 0 aliphatic rings. The third-order valence-corrected chi connectivity index (χ3v) is 11.5. The van der Waals surface area contributed by atoms with Crippen molar-refractivity contribution in [2.45, 2.75) is 26.2 Å². The first-order chi connectivity index (χ1) is 28.3. The second-order valence-electron chi connectivity index (χ2n) is 16.0. The van der Waals surface area contributed by atoms with E-state index in [1.54, 1.807) is 0 Å². The molecule has 4 nitrogen and oxygen atoms in total. The number of nitrogens with zero attached hydrogens (tertiary/aromatic N) is 4. The molecule has 10 rings (SSSR count). The van der Waals surface area contributed by atoms with E-state index in [-0.39, 0.29) is 5.41 Å². The van der Waals surface area contributed by atoms with Crippen LogP contribution in [0.25, 0.3) is 93.2 Å². The van der Waals surface area contributed by atoms with Gasteiger partial charge in [0, 0.05) is 27.2 Å². The molecule has 0 amide bonds. The molecule has 2 heterocycles. The van der Waals surface area contributed by atoms with Crippen LogP contribution >= 0.6 is 0 Å². The van der Waals surface area contributed by atoms with Crippen molar-refractivity contribution in [1.29, 1.82) is 5.26 Å². The number of hydrogen-bond acceptors (Lipinski definition) is 1. The fraction of sp³-hybridized carbons (Fsp3) is 0.0741. The highest BCUT2D eigenvalue weighted by Crippen LogP contribution is 2.43. The molecule has 10 aromatic rings. The summed E-state index contributed by atoms with van der Waals surface area (Å²) in [7, 11) is 0. The van der Waals surface area contributed by atoms with Crippen LogP contribution in [0.15, 0.2) is 176 Å². The molecule has 4 heteroatoms. The zero-order chi connectivity index (χ0) is 39.5. The van der Waals surface area contributed by atoms with E-state index < -0.39 is 0 Å². The summed E-state index contributed by atoms with van der Waals surface area (Å²) in [5, 5.41) is 15.4. The van der Waals surface area contributed by atoms with Crippen LogP contribution in [-0.2, 0) is 5.41 Å². The fourth-order valence-electron chi connectivity index (χ4n) is 8.60. The Bertz CT molecular complexity index is 3280. The number of rotatable bonds is 5. The molecule has 0 unspecified atom stereocenters. The molecule has 0 N–H and O–H groups in total. The van der Waals surface area contributed by atoms with E-state index in [9.17, 15) is 5.26 Å². The molecular weight excluding hydrogens is 705 g/mol. The Morgan fingerprint density at radius 3 is 1.57 bits per heavy atom. The fourth-order valence-corrected chi connectivity index (χ4v) is 8.60. The van der Waals surface area contributed by atoms with E-state index in [0.717, 1.165) is 77.1 Å². The van der Waals surface area contributed by atoms with Gasteiger partial charge in [0.15, 0.2) is 0 Å². The van der Waals surface area contributed by atoms with Crippen LogP contribution in [0, 0.1) is 17.9 Å². The van der Waals surface area contributed by atoms with Crippen molar-refractivity contribution >= 4 is 49.3 Å². The maximum atomic E-state index is 10.9. The number of para-hydroxylation sites is 1. The lowest BCUT2D eigenvalue weighted by atomic mass is 9.86. The maximum absolute atomic E-state index is 10.9. The van der Waals surface area contributed by atoms with Gasteiger partial charge >= 0.3 is 0 Å². The van der Waals surface area contributed by atoms with E-state index in [1.807, 2.05) is 30.3 Å². The lowest BCUT2D eigenvalue weighted by Crippen LogP contribution is -2.10. The van der Waals surface area contributed by atoms with Gasteiger partial charge in [-0.3, -0.25) is 0 Å². The normalized spacial score (nSPS) is 11.7. The van der Waals surface area contributed by atoms with Crippen LogP contribution in [-0.4, -0.2) is 9.13 Å². The van der Waals surface area contributed by atoms with Crippen molar-refractivity contribution in [3.05, 3.63) is 198 Å². The van der Waals surface area contributed by atoms with Gasteiger partial charge in [-0.2, -0.15) is 5.26 Å². The van der Waals surface area contributed by atoms with Crippen LogP contribution < -0.4 is 0 Å². The monoisotopic (exact) mass is 742 g/mol. The Morgan fingerprint density at radius 1 is 0.466 bits per heavy atom. The minimum absolute atomic E-state index is 0.0573. The largest absolute Gasteiger partial charge is 0.318 e. The second kappa shape index (κ2) is 13.5. The summed E-state index contributed by atoms with van der Waals surface area (Å²) >= 11 is 0. The predicted octanol–water partition coefficient (Wildman–Crippen LogP) is 14.6. The average molecular weight is 743 g/mol. The van der Waals surface area contributed by atoms with Gasteiger partial charge in [-0.15, -0.1) is 0 Å². The predicted molar refractivity (Wildman–Crippen MR) is 241 cm³/mol. The third-order valence-electron chi connectivity index (χ3n) is 11.5. The van der Waals surface area contributed by atoms with Gasteiger partial charge in [-0.1, -0.05) is 130 Å². The minimum Gasteiger partial charge on any atom is -0.318 e. The molecule has 58 heavy (non-hydrogen) atoms. The lowest BCUT2D eigenvalue weighted by molar-refractivity contribution is 0.591. The summed E-state index contributed by atoms with van der Waals surface area (Å²) in [5.41, 5.74) is 14.2.